The standard InChI is InChI=1S/C11H13FN2S/c1-14(7-6-13)8-9-15-11-5-3-2-4-10(11)12/h2-5H,7-9H2,1H3. The molecule has 0 aliphatic heterocycles. The highest BCUT2D eigenvalue weighted by Gasteiger charge is 2.02. The smallest absolute Gasteiger partial charge is 0.136 e. The minimum atomic E-state index is -0.176. The summed E-state index contributed by atoms with van der Waals surface area (Å²) in [4.78, 5) is 2.58. The Morgan fingerprint density at radius 1 is 1.47 bits per heavy atom. The van der Waals surface area contributed by atoms with Crippen LogP contribution in [0.5, 0.6) is 0 Å². The summed E-state index contributed by atoms with van der Waals surface area (Å²) < 4.78 is 13.2. The summed E-state index contributed by atoms with van der Waals surface area (Å²) in [6.45, 7) is 1.20. The third-order valence-corrected chi connectivity index (χ3v) is 2.94. The maximum Gasteiger partial charge on any atom is 0.136 e. The molecule has 0 aliphatic carbocycles. The number of nitriles is 1. The second-order valence-corrected chi connectivity index (χ2v) is 4.31. The van der Waals surface area contributed by atoms with E-state index in [4.69, 9.17) is 5.26 Å². The molecule has 80 valence electrons. The fourth-order valence-electron chi connectivity index (χ4n) is 1.07. The van der Waals surface area contributed by atoms with Crippen LogP contribution in [0.2, 0.25) is 0 Å². The van der Waals surface area contributed by atoms with Gasteiger partial charge >= 0.3 is 0 Å². The number of hydrogen-bond acceptors (Lipinski definition) is 3. The van der Waals surface area contributed by atoms with Crippen molar-refractivity contribution < 1.29 is 4.39 Å². The average molecular weight is 224 g/mol. The number of benzene rings is 1. The van der Waals surface area contributed by atoms with Gasteiger partial charge in [-0.05, 0) is 19.2 Å². The minimum Gasteiger partial charge on any atom is -0.293 e. The number of thioether (sulfide) groups is 1. The van der Waals surface area contributed by atoms with Crippen molar-refractivity contribution in [2.45, 2.75) is 4.90 Å². The van der Waals surface area contributed by atoms with Gasteiger partial charge in [-0.2, -0.15) is 5.26 Å². The van der Waals surface area contributed by atoms with Gasteiger partial charge in [-0.25, -0.2) is 4.39 Å². The highest BCUT2D eigenvalue weighted by molar-refractivity contribution is 7.99. The molecule has 4 heteroatoms. The molecule has 0 atom stereocenters. The molecule has 0 spiro atoms. The van der Waals surface area contributed by atoms with Gasteiger partial charge in [-0.1, -0.05) is 12.1 Å². The van der Waals surface area contributed by atoms with Gasteiger partial charge in [-0.3, -0.25) is 4.90 Å². The van der Waals surface area contributed by atoms with E-state index >= 15 is 0 Å². The van der Waals surface area contributed by atoms with E-state index in [0.717, 1.165) is 12.3 Å². The predicted octanol–water partition coefficient (Wildman–Crippen LogP) is 2.37. The first-order valence-electron chi connectivity index (χ1n) is 4.67. The normalized spacial score (nSPS) is 10.3. The van der Waals surface area contributed by atoms with Crippen LogP contribution < -0.4 is 0 Å². The summed E-state index contributed by atoms with van der Waals surface area (Å²) in [5, 5.41) is 8.44. The molecule has 0 unspecified atom stereocenters. The lowest BCUT2D eigenvalue weighted by Crippen LogP contribution is -2.21. The second kappa shape index (κ2) is 6.44. The Morgan fingerprint density at radius 2 is 2.20 bits per heavy atom. The van der Waals surface area contributed by atoms with Crippen LogP contribution in [0.4, 0.5) is 4.39 Å². The molecule has 0 fully saturated rings. The zero-order chi connectivity index (χ0) is 11.1. The van der Waals surface area contributed by atoms with Crippen LogP contribution in [0, 0.1) is 17.1 Å². The minimum absolute atomic E-state index is 0.176. The monoisotopic (exact) mass is 224 g/mol. The van der Waals surface area contributed by atoms with Crippen LogP contribution in [-0.4, -0.2) is 30.8 Å². The SMILES string of the molecule is CN(CC#N)CCSc1ccccc1F. The van der Waals surface area contributed by atoms with Crippen LogP contribution in [0.15, 0.2) is 29.2 Å². The number of hydrogen-bond donors (Lipinski definition) is 0. The molecular weight excluding hydrogens is 211 g/mol. The molecule has 0 aliphatic rings. The molecule has 0 saturated heterocycles. The molecule has 0 amide bonds. The van der Waals surface area contributed by atoms with Gasteiger partial charge in [0.15, 0.2) is 0 Å². The van der Waals surface area contributed by atoms with E-state index in [9.17, 15) is 4.39 Å². The largest absolute Gasteiger partial charge is 0.293 e. The quantitative estimate of drug-likeness (QED) is 0.567. The Kier molecular flexibility index (Phi) is 5.16. The lowest BCUT2D eigenvalue weighted by atomic mass is 10.3. The molecule has 0 heterocycles. The fraction of sp³-hybridized carbons (Fsp3) is 0.364. The second-order valence-electron chi connectivity index (χ2n) is 3.17. The highest BCUT2D eigenvalue weighted by Crippen LogP contribution is 2.20. The Bertz CT molecular complexity index is 349. The van der Waals surface area contributed by atoms with Crippen molar-refractivity contribution in [1.29, 1.82) is 5.26 Å². The Balaban J connectivity index is 2.32. The number of nitrogens with zero attached hydrogens (tertiary/aromatic N) is 2. The van der Waals surface area contributed by atoms with Crippen molar-refractivity contribution in [2.75, 3.05) is 25.9 Å². The zero-order valence-corrected chi connectivity index (χ0v) is 9.43. The van der Waals surface area contributed by atoms with Gasteiger partial charge in [0.05, 0.1) is 12.6 Å². The van der Waals surface area contributed by atoms with Crippen LogP contribution in [-0.2, 0) is 0 Å². The topological polar surface area (TPSA) is 27.0 Å². The van der Waals surface area contributed by atoms with Gasteiger partial charge in [0.1, 0.15) is 5.82 Å². The summed E-state index contributed by atoms with van der Waals surface area (Å²) in [5.74, 6) is 0.615. The van der Waals surface area contributed by atoms with Crippen LogP contribution in [0.25, 0.3) is 0 Å². The van der Waals surface area contributed by atoms with E-state index < -0.39 is 0 Å². The average Bonchev–Trinajstić information content (AvgIpc) is 2.21. The molecule has 0 N–H and O–H groups in total. The van der Waals surface area contributed by atoms with Gasteiger partial charge in [0.25, 0.3) is 0 Å². The summed E-state index contributed by atoms with van der Waals surface area (Å²) >= 11 is 1.48. The van der Waals surface area contributed by atoms with E-state index in [2.05, 4.69) is 6.07 Å². The van der Waals surface area contributed by atoms with E-state index in [1.807, 2.05) is 18.0 Å². The fourth-order valence-corrected chi connectivity index (χ4v) is 2.08. The van der Waals surface area contributed by atoms with Crippen molar-refractivity contribution in [1.82, 2.24) is 4.90 Å². The highest BCUT2D eigenvalue weighted by atomic mass is 32.2. The lowest BCUT2D eigenvalue weighted by molar-refractivity contribution is 0.400. The summed E-state index contributed by atoms with van der Waals surface area (Å²) in [5.41, 5.74) is 0. The third kappa shape index (κ3) is 4.32. The molecule has 1 aromatic rings. The van der Waals surface area contributed by atoms with E-state index in [0.29, 0.717) is 11.4 Å². The molecule has 0 bridgehead atoms. The van der Waals surface area contributed by atoms with E-state index in [1.54, 1.807) is 12.1 Å². The van der Waals surface area contributed by atoms with E-state index in [-0.39, 0.29) is 5.82 Å². The summed E-state index contributed by atoms with van der Waals surface area (Å²) in [7, 11) is 1.88. The molecule has 0 saturated carbocycles. The summed E-state index contributed by atoms with van der Waals surface area (Å²) in [6.07, 6.45) is 0. The number of rotatable bonds is 5. The Morgan fingerprint density at radius 3 is 2.87 bits per heavy atom. The molecular formula is C11H13FN2S. The van der Waals surface area contributed by atoms with Crippen LogP contribution in [0.1, 0.15) is 0 Å². The van der Waals surface area contributed by atoms with Crippen LogP contribution >= 0.6 is 11.8 Å². The maximum absolute atomic E-state index is 13.2. The molecule has 0 radical (unpaired) electrons. The van der Waals surface area contributed by atoms with Crippen molar-refractivity contribution in [3.63, 3.8) is 0 Å². The Labute approximate surface area is 93.7 Å². The summed E-state index contributed by atoms with van der Waals surface area (Å²) in [6, 6.07) is 8.80. The third-order valence-electron chi connectivity index (χ3n) is 1.91. The first-order valence-corrected chi connectivity index (χ1v) is 5.65. The van der Waals surface area contributed by atoms with Crippen molar-refractivity contribution in [3.8, 4) is 6.07 Å². The zero-order valence-electron chi connectivity index (χ0n) is 8.61. The molecule has 1 rings (SSSR count). The van der Waals surface area contributed by atoms with Gasteiger partial charge in [0.2, 0.25) is 0 Å². The molecule has 15 heavy (non-hydrogen) atoms. The van der Waals surface area contributed by atoms with Crippen molar-refractivity contribution in [3.05, 3.63) is 30.1 Å². The van der Waals surface area contributed by atoms with Crippen LogP contribution in [0.3, 0.4) is 0 Å². The number of halogens is 1. The molecule has 1 aromatic carbocycles. The van der Waals surface area contributed by atoms with Gasteiger partial charge in [0, 0.05) is 17.2 Å². The maximum atomic E-state index is 13.2. The van der Waals surface area contributed by atoms with Gasteiger partial charge in [-0.15, -0.1) is 11.8 Å². The van der Waals surface area contributed by atoms with Gasteiger partial charge < -0.3 is 0 Å². The predicted molar refractivity (Wildman–Crippen MR) is 60.2 cm³/mol. The lowest BCUT2D eigenvalue weighted by Gasteiger charge is -2.11. The first kappa shape index (κ1) is 12.0. The van der Waals surface area contributed by atoms with E-state index in [1.165, 1.54) is 17.8 Å². The van der Waals surface area contributed by atoms with Crippen molar-refractivity contribution in [2.24, 2.45) is 0 Å². The molecule has 2 nitrogen and oxygen atoms in total. The molecule has 0 aromatic heterocycles. The first-order chi connectivity index (χ1) is 7.24. The van der Waals surface area contributed by atoms with Crippen molar-refractivity contribution >= 4 is 11.8 Å². The Hall–Kier alpha value is -1.05.